The summed E-state index contributed by atoms with van der Waals surface area (Å²) in [7, 11) is 0. The minimum absolute atomic E-state index is 0.941. The fourth-order valence-electron chi connectivity index (χ4n) is 1.92. The molecule has 2 aromatic heterocycles. The first-order chi connectivity index (χ1) is 7.84. The molecule has 0 aliphatic carbocycles. The molecule has 0 saturated carbocycles. The summed E-state index contributed by atoms with van der Waals surface area (Å²) in [5, 5.41) is 0. The number of benzene rings is 1. The summed E-state index contributed by atoms with van der Waals surface area (Å²) < 4.78 is 0. The zero-order valence-electron chi connectivity index (χ0n) is 8.94. The van der Waals surface area contributed by atoms with Gasteiger partial charge in [-0.3, -0.25) is 4.98 Å². The molecular formula is C13H11N3. The van der Waals surface area contributed by atoms with Crippen molar-refractivity contribution in [3.63, 3.8) is 0 Å². The molecule has 2 heterocycles. The Balaban J connectivity index is 2.31. The van der Waals surface area contributed by atoms with Crippen LogP contribution in [-0.2, 0) is 0 Å². The quantitative estimate of drug-likeness (QED) is 0.669. The minimum Gasteiger partial charge on any atom is -0.342 e. The SMILES string of the molecule is Cc1nc2c(-c3ccncc3)cccc2[nH]1. The van der Waals surface area contributed by atoms with Gasteiger partial charge in [-0.2, -0.15) is 0 Å². The van der Waals surface area contributed by atoms with E-state index in [1.807, 2.05) is 31.2 Å². The molecule has 0 atom stereocenters. The fourth-order valence-corrected chi connectivity index (χ4v) is 1.92. The molecule has 78 valence electrons. The highest BCUT2D eigenvalue weighted by atomic mass is 14.9. The first-order valence-corrected chi connectivity index (χ1v) is 5.20. The number of pyridine rings is 1. The Hall–Kier alpha value is -2.16. The molecule has 0 radical (unpaired) electrons. The smallest absolute Gasteiger partial charge is 0.104 e. The number of imidazole rings is 1. The molecule has 0 amide bonds. The van der Waals surface area contributed by atoms with Crippen LogP contribution in [0.5, 0.6) is 0 Å². The van der Waals surface area contributed by atoms with Gasteiger partial charge in [0.1, 0.15) is 5.82 Å². The van der Waals surface area contributed by atoms with Crippen molar-refractivity contribution in [2.75, 3.05) is 0 Å². The largest absolute Gasteiger partial charge is 0.342 e. The summed E-state index contributed by atoms with van der Waals surface area (Å²) in [6.07, 6.45) is 3.60. The molecule has 0 aliphatic heterocycles. The second-order valence-electron chi connectivity index (χ2n) is 3.76. The van der Waals surface area contributed by atoms with E-state index in [2.05, 4.69) is 21.0 Å². The maximum Gasteiger partial charge on any atom is 0.104 e. The zero-order chi connectivity index (χ0) is 11.0. The van der Waals surface area contributed by atoms with Crippen LogP contribution in [0, 0.1) is 6.92 Å². The first-order valence-electron chi connectivity index (χ1n) is 5.20. The molecule has 3 nitrogen and oxygen atoms in total. The predicted octanol–water partition coefficient (Wildman–Crippen LogP) is 2.93. The third kappa shape index (κ3) is 1.37. The van der Waals surface area contributed by atoms with Crippen molar-refractivity contribution >= 4 is 11.0 Å². The molecule has 0 fully saturated rings. The highest BCUT2D eigenvalue weighted by Gasteiger charge is 2.06. The van der Waals surface area contributed by atoms with Crippen molar-refractivity contribution in [2.45, 2.75) is 6.92 Å². The van der Waals surface area contributed by atoms with Crippen molar-refractivity contribution in [1.29, 1.82) is 0 Å². The number of hydrogen-bond donors (Lipinski definition) is 1. The van der Waals surface area contributed by atoms with Crippen LogP contribution in [0.4, 0.5) is 0 Å². The van der Waals surface area contributed by atoms with Crippen molar-refractivity contribution < 1.29 is 0 Å². The van der Waals surface area contributed by atoms with Gasteiger partial charge < -0.3 is 4.98 Å². The van der Waals surface area contributed by atoms with Gasteiger partial charge in [0.25, 0.3) is 0 Å². The molecule has 16 heavy (non-hydrogen) atoms. The third-order valence-corrected chi connectivity index (χ3v) is 2.62. The molecule has 3 heteroatoms. The second kappa shape index (κ2) is 3.45. The minimum atomic E-state index is 0.941. The lowest BCUT2D eigenvalue weighted by atomic mass is 10.1. The lowest BCUT2D eigenvalue weighted by Crippen LogP contribution is -1.80. The van der Waals surface area contributed by atoms with Crippen LogP contribution < -0.4 is 0 Å². The molecule has 0 unspecified atom stereocenters. The summed E-state index contributed by atoms with van der Waals surface area (Å²) in [4.78, 5) is 11.8. The number of hydrogen-bond acceptors (Lipinski definition) is 2. The molecule has 1 aromatic carbocycles. The van der Waals surface area contributed by atoms with Gasteiger partial charge in [0.15, 0.2) is 0 Å². The van der Waals surface area contributed by atoms with E-state index in [1.165, 1.54) is 0 Å². The predicted molar refractivity (Wildman–Crippen MR) is 64.1 cm³/mol. The first kappa shape index (κ1) is 9.09. The van der Waals surface area contributed by atoms with Gasteiger partial charge in [-0.15, -0.1) is 0 Å². The van der Waals surface area contributed by atoms with Gasteiger partial charge in [-0.05, 0) is 30.7 Å². The zero-order valence-corrected chi connectivity index (χ0v) is 8.94. The summed E-state index contributed by atoms with van der Waals surface area (Å²) >= 11 is 0. The van der Waals surface area contributed by atoms with Crippen molar-refractivity contribution in [2.24, 2.45) is 0 Å². The van der Waals surface area contributed by atoms with Crippen molar-refractivity contribution in [3.05, 3.63) is 48.5 Å². The maximum atomic E-state index is 4.51. The van der Waals surface area contributed by atoms with E-state index < -0.39 is 0 Å². The van der Waals surface area contributed by atoms with Gasteiger partial charge in [0.05, 0.1) is 11.0 Å². The number of aryl methyl sites for hydroxylation is 1. The van der Waals surface area contributed by atoms with E-state index in [9.17, 15) is 0 Å². The average Bonchev–Trinajstić information content (AvgIpc) is 2.70. The van der Waals surface area contributed by atoms with E-state index in [1.54, 1.807) is 12.4 Å². The molecule has 0 saturated heterocycles. The van der Waals surface area contributed by atoms with E-state index in [-0.39, 0.29) is 0 Å². The number of H-pyrrole nitrogens is 1. The Bertz CT molecular complexity index is 626. The molecule has 0 aliphatic rings. The number of nitrogens with one attached hydrogen (secondary N) is 1. The normalized spacial score (nSPS) is 10.8. The second-order valence-corrected chi connectivity index (χ2v) is 3.76. The number of para-hydroxylation sites is 1. The maximum absolute atomic E-state index is 4.51. The van der Waals surface area contributed by atoms with Gasteiger partial charge in [-0.1, -0.05) is 12.1 Å². The Morgan fingerprint density at radius 2 is 1.88 bits per heavy atom. The molecule has 1 N–H and O–H groups in total. The Morgan fingerprint density at radius 1 is 1.06 bits per heavy atom. The monoisotopic (exact) mass is 209 g/mol. The number of aromatic amines is 1. The summed E-state index contributed by atoms with van der Waals surface area (Å²) in [6, 6.07) is 10.2. The molecule has 0 spiro atoms. The number of aromatic nitrogens is 3. The van der Waals surface area contributed by atoms with Crippen LogP contribution >= 0.6 is 0 Å². The van der Waals surface area contributed by atoms with Crippen molar-refractivity contribution in [1.82, 2.24) is 15.0 Å². The Morgan fingerprint density at radius 3 is 2.69 bits per heavy atom. The number of fused-ring (bicyclic) bond motifs is 1. The van der Waals surface area contributed by atoms with E-state index in [4.69, 9.17) is 0 Å². The van der Waals surface area contributed by atoms with Crippen LogP contribution in [0.25, 0.3) is 22.2 Å². The van der Waals surface area contributed by atoms with Crippen LogP contribution in [0.15, 0.2) is 42.7 Å². The van der Waals surface area contributed by atoms with Crippen LogP contribution in [-0.4, -0.2) is 15.0 Å². The Kier molecular flexibility index (Phi) is 1.96. The van der Waals surface area contributed by atoms with Gasteiger partial charge in [0, 0.05) is 18.0 Å². The van der Waals surface area contributed by atoms with Gasteiger partial charge in [0.2, 0.25) is 0 Å². The summed E-state index contributed by atoms with van der Waals surface area (Å²) in [5.74, 6) is 0.941. The highest BCUT2D eigenvalue weighted by Crippen LogP contribution is 2.26. The van der Waals surface area contributed by atoms with Crippen LogP contribution in [0.2, 0.25) is 0 Å². The van der Waals surface area contributed by atoms with Gasteiger partial charge >= 0.3 is 0 Å². The third-order valence-electron chi connectivity index (χ3n) is 2.62. The lowest BCUT2D eigenvalue weighted by Gasteiger charge is -2.01. The highest BCUT2D eigenvalue weighted by molar-refractivity contribution is 5.91. The van der Waals surface area contributed by atoms with Crippen molar-refractivity contribution in [3.8, 4) is 11.1 Å². The van der Waals surface area contributed by atoms with E-state index in [0.717, 1.165) is 28.0 Å². The lowest BCUT2D eigenvalue weighted by molar-refractivity contribution is 1.17. The molecule has 3 rings (SSSR count). The molecule has 3 aromatic rings. The van der Waals surface area contributed by atoms with E-state index in [0.29, 0.717) is 0 Å². The standard InChI is InChI=1S/C13H11N3/c1-9-15-12-4-2-3-11(13(12)16-9)10-5-7-14-8-6-10/h2-8H,1H3,(H,15,16). The topological polar surface area (TPSA) is 41.6 Å². The molecule has 0 bridgehead atoms. The summed E-state index contributed by atoms with van der Waals surface area (Å²) in [5.41, 5.74) is 4.38. The van der Waals surface area contributed by atoms with Crippen LogP contribution in [0.3, 0.4) is 0 Å². The number of nitrogens with zero attached hydrogens (tertiary/aromatic N) is 2. The number of rotatable bonds is 1. The average molecular weight is 209 g/mol. The van der Waals surface area contributed by atoms with Crippen LogP contribution in [0.1, 0.15) is 5.82 Å². The van der Waals surface area contributed by atoms with Gasteiger partial charge in [-0.25, -0.2) is 4.98 Å². The molecular weight excluding hydrogens is 198 g/mol. The fraction of sp³-hybridized carbons (Fsp3) is 0.0769. The Labute approximate surface area is 93.2 Å². The summed E-state index contributed by atoms with van der Waals surface area (Å²) in [6.45, 7) is 1.97. The van der Waals surface area contributed by atoms with E-state index >= 15 is 0 Å².